The molecule has 140 valence electrons. The van der Waals surface area contributed by atoms with Crippen LogP contribution in [0.2, 0.25) is 0 Å². The van der Waals surface area contributed by atoms with Crippen molar-refractivity contribution in [2.24, 2.45) is 0 Å². The minimum Gasteiger partial charge on any atom is -0.459 e. The third-order valence-corrected chi connectivity index (χ3v) is 3.34. The van der Waals surface area contributed by atoms with Gasteiger partial charge in [-0.05, 0) is 61.0 Å². The van der Waals surface area contributed by atoms with Crippen molar-refractivity contribution in [2.45, 2.75) is 73.1 Å². The quantitative estimate of drug-likeness (QED) is 0.794. The van der Waals surface area contributed by atoms with Gasteiger partial charge in [-0.2, -0.15) is 0 Å². The van der Waals surface area contributed by atoms with E-state index in [2.05, 4.69) is 10.3 Å². The van der Waals surface area contributed by atoms with Crippen LogP contribution < -0.4 is 5.32 Å². The maximum atomic E-state index is 12.4. The maximum absolute atomic E-state index is 12.4. The largest absolute Gasteiger partial charge is 0.459 e. The number of hydrogen-bond acceptors (Lipinski definition) is 5. The lowest BCUT2D eigenvalue weighted by Gasteiger charge is -2.23. The average molecular weight is 352 g/mol. The standard InChI is InChI=1S/C18H28N2O5/c1-9(2)24-16(22)13-10(3)14(19-11(13)4)17(23)25-12(5)15(21)20-18(6,7)8/h9,12,19H,1-8H3,(H,20,21)/t12-/m1/s1. The van der Waals surface area contributed by atoms with Gasteiger partial charge in [0.2, 0.25) is 0 Å². The van der Waals surface area contributed by atoms with Crippen LogP contribution >= 0.6 is 0 Å². The van der Waals surface area contributed by atoms with Crippen LogP contribution in [0.4, 0.5) is 0 Å². The minimum atomic E-state index is -0.958. The monoisotopic (exact) mass is 352 g/mol. The Labute approximate surface area is 148 Å². The molecule has 0 bridgehead atoms. The fourth-order valence-electron chi connectivity index (χ4n) is 2.28. The van der Waals surface area contributed by atoms with Gasteiger partial charge in [-0.3, -0.25) is 4.79 Å². The Hall–Kier alpha value is -2.31. The van der Waals surface area contributed by atoms with Crippen molar-refractivity contribution in [1.29, 1.82) is 0 Å². The number of aromatic nitrogens is 1. The molecule has 0 fully saturated rings. The highest BCUT2D eigenvalue weighted by molar-refractivity contribution is 5.99. The van der Waals surface area contributed by atoms with Crippen molar-refractivity contribution < 1.29 is 23.9 Å². The Morgan fingerprint density at radius 3 is 2.04 bits per heavy atom. The average Bonchev–Trinajstić information content (AvgIpc) is 2.71. The van der Waals surface area contributed by atoms with E-state index < -0.39 is 23.6 Å². The lowest BCUT2D eigenvalue weighted by molar-refractivity contribution is -0.130. The number of rotatable bonds is 5. The van der Waals surface area contributed by atoms with Crippen LogP contribution in [-0.2, 0) is 14.3 Å². The first-order valence-corrected chi connectivity index (χ1v) is 8.26. The van der Waals surface area contributed by atoms with E-state index in [1.807, 2.05) is 20.8 Å². The van der Waals surface area contributed by atoms with E-state index in [-0.39, 0.29) is 17.7 Å². The van der Waals surface area contributed by atoms with E-state index in [4.69, 9.17) is 9.47 Å². The summed E-state index contributed by atoms with van der Waals surface area (Å²) in [5, 5.41) is 2.75. The molecule has 0 aliphatic heterocycles. The second-order valence-electron chi connectivity index (χ2n) is 7.37. The normalized spacial score (nSPS) is 12.7. The van der Waals surface area contributed by atoms with Gasteiger partial charge in [0.15, 0.2) is 6.10 Å². The molecule has 0 saturated heterocycles. The second kappa shape index (κ2) is 7.72. The molecule has 2 N–H and O–H groups in total. The number of amides is 1. The first-order valence-electron chi connectivity index (χ1n) is 8.26. The summed E-state index contributed by atoms with van der Waals surface area (Å²) in [6.45, 7) is 13.8. The predicted molar refractivity (Wildman–Crippen MR) is 93.6 cm³/mol. The van der Waals surface area contributed by atoms with Gasteiger partial charge in [0.25, 0.3) is 5.91 Å². The summed E-state index contributed by atoms with van der Waals surface area (Å²) in [6.07, 6.45) is -1.22. The molecule has 1 amide bonds. The molecule has 0 aromatic carbocycles. The number of nitrogens with one attached hydrogen (secondary N) is 2. The van der Waals surface area contributed by atoms with E-state index >= 15 is 0 Å². The van der Waals surface area contributed by atoms with Gasteiger partial charge in [0.05, 0.1) is 11.7 Å². The van der Waals surface area contributed by atoms with Gasteiger partial charge in [0.1, 0.15) is 5.69 Å². The van der Waals surface area contributed by atoms with Crippen LogP contribution in [0.5, 0.6) is 0 Å². The lowest BCUT2D eigenvalue weighted by Crippen LogP contribution is -2.46. The second-order valence-corrected chi connectivity index (χ2v) is 7.37. The summed E-state index contributed by atoms with van der Waals surface area (Å²) < 4.78 is 10.4. The summed E-state index contributed by atoms with van der Waals surface area (Å²) in [5.41, 5.74) is 0.985. The topological polar surface area (TPSA) is 97.5 Å². The molecule has 0 unspecified atom stereocenters. The summed E-state index contributed by atoms with van der Waals surface area (Å²) in [5.74, 6) is -1.58. The number of ether oxygens (including phenoxy) is 2. The zero-order valence-electron chi connectivity index (χ0n) is 16.2. The van der Waals surface area contributed by atoms with E-state index in [1.54, 1.807) is 27.7 Å². The number of esters is 2. The van der Waals surface area contributed by atoms with Crippen LogP contribution in [0.15, 0.2) is 0 Å². The Morgan fingerprint density at radius 1 is 1.00 bits per heavy atom. The summed E-state index contributed by atoms with van der Waals surface area (Å²) >= 11 is 0. The summed E-state index contributed by atoms with van der Waals surface area (Å²) in [6, 6.07) is 0. The fourth-order valence-corrected chi connectivity index (χ4v) is 2.28. The molecule has 1 heterocycles. The van der Waals surface area contributed by atoms with Gasteiger partial charge >= 0.3 is 11.9 Å². The molecule has 1 aromatic heterocycles. The van der Waals surface area contributed by atoms with Crippen molar-refractivity contribution in [3.63, 3.8) is 0 Å². The number of hydrogen-bond donors (Lipinski definition) is 2. The van der Waals surface area contributed by atoms with Crippen LogP contribution in [0.3, 0.4) is 0 Å². The van der Waals surface area contributed by atoms with Crippen molar-refractivity contribution in [3.8, 4) is 0 Å². The number of aromatic amines is 1. The maximum Gasteiger partial charge on any atom is 0.355 e. The Morgan fingerprint density at radius 2 is 1.56 bits per heavy atom. The molecule has 0 spiro atoms. The fraction of sp³-hybridized carbons (Fsp3) is 0.611. The number of aryl methyl sites for hydroxylation is 1. The molecule has 25 heavy (non-hydrogen) atoms. The molecule has 0 aliphatic carbocycles. The zero-order chi connectivity index (χ0) is 19.5. The molecule has 1 aromatic rings. The zero-order valence-corrected chi connectivity index (χ0v) is 16.2. The molecular formula is C18H28N2O5. The third kappa shape index (κ3) is 5.62. The van der Waals surface area contributed by atoms with Gasteiger partial charge in [-0.1, -0.05) is 0 Å². The Balaban J connectivity index is 2.93. The smallest absolute Gasteiger partial charge is 0.355 e. The molecule has 1 rings (SSSR count). The van der Waals surface area contributed by atoms with Crippen molar-refractivity contribution in [3.05, 3.63) is 22.5 Å². The van der Waals surface area contributed by atoms with Crippen molar-refractivity contribution in [2.75, 3.05) is 0 Å². The third-order valence-electron chi connectivity index (χ3n) is 3.34. The molecule has 7 heteroatoms. The van der Waals surface area contributed by atoms with Crippen LogP contribution in [-0.4, -0.2) is 40.6 Å². The highest BCUT2D eigenvalue weighted by Crippen LogP contribution is 2.21. The number of carbonyl (C=O) groups is 3. The molecule has 1 atom stereocenters. The molecule has 0 radical (unpaired) electrons. The highest BCUT2D eigenvalue weighted by Gasteiger charge is 2.27. The predicted octanol–water partition coefficient (Wildman–Crippen LogP) is 2.66. The van der Waals surface area contributed by atoms with Crippen LogP contribution in [0.1, 0.15) is 73.6 Å². The van der Waals surface area contributed by atoms with Gasteiger partial charge in [-0.15, -0.1) is 0 Å². The molecule has 7 nitrogen and oxygen atoms in total. The highest BCUT2D eigenvalue weighted by atomic mass is 16.6. The van der Waals surface area contributed by atoms with Gasteiger partial charge in [-0.25, -0.2) is 9.59 Å². The van der Waals surface area contributed by atoms with E-state index in [0.717, 1.165) is 0 Å². The van der Waals surface area contributed by atoms with Crippen LogP contribution in [0, 0.1) is 13.8 Å². The molecule has 0 aliphatic rings. The minimum absolute atomic E-state index is 0.142. The first kappa shape index (κ1) is 20.7. The van der Waals surface area contributed by atoms with Crippen LogP contribution in [0.25, 0.3) is 0 Å². The van der Waals surface area contributed by atoms with Crippen molar-refractivity contribution >= 4 is 17.8 Å². The van der Waals surface area contributed by atoms with E-state index in [0.29, 0.717) is 16.8 Å². The number of H-pyrrole nitrogens is 1. The Bertz CT molecular complexity index is 668. The number of carbonyl (C=O) groups excluding carboxylic acids is 3. The van der Waals surface area contributed by atoms with Crippen molar-refractivity contribution in [1.82, 2.24) is 10.3 Å². The summed E-state index contributed by atoms with van der Waals surface area (Å²) in [7, 11) is 0. The SMILES string of the molecule is Cc1[nH]c(C(=O)O[C@H](C)C(=O)NC(C)(C)C)c(C)c1C(=O)OC(C)C. The lowest BCUT2D eigenvalue weighted by atomic mass is 10.1. The van der Waals surface area contributed by atoms with E-state index in [9.17, 15) is 14.4 Å². The van der Waals surface area contributed by atoms with Gasteiger partial charge < -0.3 is 19.8 Å². The Kier molecular flexibility index (Phi) is 6.40. The summed E-state index contributed by atoms with van der Waals surface area (Å²) in [4.78, 5) is 39.4. The van der Waals surface area contributed by atoms with Gasteiger partial charge in [0, 0.05) is 11.2 Å². The molecule has 0 saturated carbocycles. The van der Waals surface area contributed by atoms with E-state index in [1.165, 1.54) is 6.92 Å². The molecular weight excluding hydrogens is 324 g/mol. The first-order chi connectivity index (χ1) is 11.3.